The van der Waals surface area contributed by atoms with Gasteiger partial charge in [-0.2, -0.15) is 10.1 Å². The number of carbonyl (C=O) groups is 1. The van der Waals surface area contributed by atoms with Crippen LogP contribution in [0.4, 0.5) is 21.6 Å². The van der Waals surface area contributed by atoms with Gasteiger partial charge in [0.1, 0.15) is 5.82 Å². The topological polar surface area (TPSA) is 126 Å². The molecule has 10 heteroatoms. The number of halogens is 1. The second kappa shape index (κ2) is 10.2. The molecule has 0 atom stereocenters. The molecule has 0 fully saturated rings. The van der Waals surface area contributed by atoms with Crippen molar-refractivity contribution in [1.29, 1.82) is 0 Å². The van der Waals surface area contributed by atoms with Crippen molar-refractivity contribution < 1.29 is 13.7 Å². The van der Waals surface area contributed by atoms with E-state index in [1.165, 1.54) is 12.1 Å². The van der Waals surface area contributed by atoms with Crippen LogP contribution >= 0.6 is 0 Å². The van der Waals surface area contributed by atoms with E-state index in [1.54, 1.807) is 36.4 Å². The molecule has 9 nitrogen and oxygen atoms in total. The van der Waals surface area contributed by atoms with Crippen molar-refractivity contribution in [2.75, 3.05) is 10.6 Å². The molecule has 0 saturated carbocycles. The monoisotopic (exact) mass is 484 g/mol. The van der Waals surface area contributed by atoms with E-state index in [4.69, 9.17) is 4.52 Å². The highest BCUT2D eigenvalue weighted by Crippen LogP contribution is 2.23. The number of anilines is 3. The highest BCUT2D eigenvalue weighted by Gasteiger charge is 2.11. The smallest absolute Gasteiger partial charge is 0.272 e. The van der Waals surface area contributed by atoms with Crippen molar-refractivity contribution in [2.45, 2.75) is 19.3 Å². The zero-order chi connectivity index (χ0) is 24.9. The van der Waals surface area contributed by atoms with E-state index < -0.39 is 0 Å². The summed E-state index contributed by atoms with van der Waals surface area (Å²) in [5.74, 6) is 0.862. The second-order valence-electron chi connectivity index (χ2n) is 8.07. The summed E-state index contributed by atoms with van der Waals surface area (Å²) in [5, 5.41) is 17.8. The Balaban J connectivity index is 1.13. The molecule has 0 bridgehead atoms. The van der Waals surface area contributed by atoms with Crippen molar-refractivity contribution in [3.05, 3.63) is 94.9 Å². The molecule has 3 aromatic carbocycles. The number of aromatic nitrogens is 4. The summed E-state index contributed by atoms with van der Waals surface area (Å²) in [7, 11) is 0. The van der Waals surface area contributed by atoms with E-state index >= 15 is 0 Å². The summed E-state index contributed by atoms with van der Waals surface area (Å²) in [6.07, 6.45) is 1.26. The molecule has 0 unspecified atom stereocenters. The quantitative estimate of drug-likeness (QED) is 0.288. The number of hydrogen-bond acceptors (Lipinski definition) is 7. The minimum atomic E-state index is -0.334. The highest BCUT2D eigenvalue weighted by molar-refractivity contribution is 5.93. The molecule has 2 aromatic heterocycles. The highest BCUT2D eigenvalue weighted by atomic mass is 19.1. The van der Waals surface area contributed by atoms with E-state index in [2.05, 4.69) is 31.0 Å². The minimum Gasteiger partial charge on any atom is -0.339 e. The van der Waals surface area contributed by atoms with Gasteiger partial charge in [0.05, 0.1) is 5.39 Å². The van der Waals surface area contributed by atoms with Crippen LogP contribution in [0.25, 0.3) is 22.2 Å². The summed E-state index contributed by atoms with van der Waals surface area (Å²) in [6, 6.07) is 20.2. The van der Waals surface area contributed by atoms with Crippen molar-refractivity contribution in [2.24, 2.45) is 0 Å². The fourth-order valence-electron chi connectivity index (χ4n) is 3.68. The third-order valence-electron chi connectivity index (χ3n) is 5.49. The van der Waals surface area contributed by atoms with Crippen LogP contribution in [0.3, 0.4) is 0 Å². The Morgan fingerprint density at radius 1 is 0.944 bits per heavy atom. The maximum atomic E-state index is 13.1. The lowest BCUT2D eigenvalue weighted by Crippen LogP contribution is -2.12. The van der Waals surface area contributed by atoms with Gasteiger partial charge in [-0.1, -0.05) is 23.4 Å². The van der Waals surface area contributed by atoms with Crippen LogP contribution in [-0.4, -0.2) is 26.2 Å². The molecule has 5 aromatic rings. The number of benzene rings is 3. The van der Waals surface area contributed by atoms with Gasteiger partial charge in [0.2, 0.25) is 17.6 Å². The first-order valence-corrected chi connectivity index (χ1v) is 11.3. The van der Waals surface area contributed by atoms with E-state index in [0.29, 0.717) is 52.4 Å². The van der Waals surface area contributed by atoms with Crippen molar-refractivity contribution >= 4 is 33.9 Å². The maximum Gasteiger partial charge on any atom is 0.272 e. The minimum absolute atomic E-state index is 0.137. The molecule has 180 valence electrons. The van der Waals surface area contributed by atoms with E-state index in [1.807, 2.05) is 24.3 Å². The van der Waals surface area contributed by atoms with Gasteiger partial charge in [0, 0.05) is 35.2 Å². The number of nitrogens with one attached hydrogen (secondary N) is 3. The summed E-state index contributed by atoms with van der Waals surface area (Å²) in [4.78, 5) is 28.6. The third kappa shape index (κ3) is 5.27. The van der Waals surface area contributed by atoms with Gasteiger partial charge in [-0.3, -0.25) is 9.59 Å². The maximum absolute atomic E-state index is 13.1. The zero-order valence-electron chi connectivity index (χ0n) is 19.0. The van der Waals surface area contributed by atoms with Gasteiger partial charge in [-0.05, 0) is 61.0 Å². The number of H-pyrrole nitrogens is 1. The number of fused-ring (bicyclic) bond motifs is 1. The molecule has 2 heterocycles. The fourth-order valence-corrected chi connectivity index (χ4v) is 3.68. The first kappa shape index (κ1) is 22.9. The van der Waals surface area contributed by atoms with Crippen molar-refractivity contribution in [3.63, 3.8) is 0 Å². The number of nitrogens with zero attached hydrogens (tertiary/aromatic N) is 3. The average molecular weight is 484 g/mol. The standard InChI is InChI=1S/C26H21FN6O3/c27-17-10-8-16(9-11-17)24-30-23(36-33-24)7-3-6-22(34)28-18-12-14-19(15-13-18)29-25-20-4-1-2-5-21(20)26(35)32-31-25/h1-2,4-5,8-15H,3,6-7H2,(H,28,34)(H,29,31)(H,32,35). The fraction of sp³-hybridized carbons (Fsp3) is 0.115. The number of amides is 1. The van der Waals surface area contributed by atoms with Crippen LogP contribution in [0.2, 0.25) is 0 Å². The van der Waals surface area contributed by atoms with E-state index in [9.17, 15) is 14.0 Å². The zero-order valence-corrected chi connectivity index (χ0v) is 19.0. The Kier molecular flexibility index (Phi) is 6.48. The van der Waals surface area contributed by atoms with Crippen LogP contribution in [0, 0.1) is 5.82 Å². The molecule has 0 spiro atoms. The molecular weight excluding hydrogens is 463 g/mol. The first-order valence-electron chi connectivity index (χ1n) is 11.3. The lowest BCUT2D eigenvalue weighted by atomic mass is 10.2. The van der Waals surface area contributed by atoms with Crippen LogP contribution in [0.15, 0.2) is 82.1 Å². The van der Waals surface area contributed by atoms with Crippen molar-refractivity contribution in [1.82, 2.24) is 20.3 Å². The predicted octanol–water partition coefficient (Wildman–Crippen LogP) is 4.82. The molecule has 0 aliphatic rings. The molecular formula is C26H21FN6O3. The number of aromatic amines is 1. The molecule has 0 aliphatic heterocycles. The lowest BCUT2D eigenvalue weighted by molar-refractivity contribution is -0.116. The number of carbonyl (C=O) groups excluding carboxylic acids is 1. The van der Waals surface area contributed by atoms with Crippen LogP contribution < -0.4 is 16.2 Å². The van der Waals surface area contributed by atoms with Gasteiger partial charge < -0.3 is 15.2 Å². The molecule has 0 aliphatic carbocycles. The summed E-state index contributed by atoms with van der Waals surface area (Å²) >= 11 is 0. The van der Waals surface area contributed by atoms with Gasteiger partial charge in [-0.25, -0.2) is 9.49 Å². The average Bonchev–Trinajstić information content (AvgIpc) is 3.36. The summed E-state index contributed by atoms with van der Waals surface area (Å²) < 4.78 is 18.3. The van der Waals surface area contributed by atoms with Gasteiger partial charge in [0.15, 0.2) is 5.82 Å². The molecule has 5 rings (SSSR count). The van der Waals surface area contributed by atoms with Crippen LogP contribution in [0.5, 0.6) is 0 Å². The van der Waals surface area contributed by atoms with Crippen LogP contribution in [-0.2, 0) is 11.2 Å². The number of aryl methyl sites for hydroxylation is 1. The third-order valence-corrected chi connectivity index (χ3v) is 5.49. The largest absolute Gasteiger partial charge is 0.339 e. The molecule has 0 saturated heterocycles. The first-order chi connectivity index (χ1) is 17.5. The second-order valence-corrected chi connectivity index (χ2v) is 8.07. The normalized spacial score (nSPS) is 10.9. The Morgan fingerprint density at radius 3 is 2.44 bits per heavy atom. The van der Waals surface area contributed by atoms with Gasteiger partial charge in [-0.15, -0.1) is 0 Å². The molecule has 36 heavy (non-hydrogen) atoms. The Morgan fingerprint density at radius 2 is 1.67 bits per heavy atom. The molecule has 3 N–H and O–H groups in total. The molecule has 0 radical (unpaired) electrons. The summed E-state index contributed by atoms with van der Waals surface area (Å²) in [5.41, 5.74) is 1.82. The van der Waals surface area contributed by atoms with Crippen molar-refractivity contribution in [3.8, 4) is 11.4 Å². The number of hydrogen-bond donors (Lipinski definition) is 3. The van der Waals surface area contributed by atoms with Gasteiger partial charge >= 0.3 is 0 Å². The van der Waals surface area contributed by atoms with Crippen LogP contribution in [0.1, 0.15) is 18.7 Å². The summed E-state index contributed by atoms with van der Waals surface area (Å²) in [6.45, 7) is 0. The Hall–Kier alpha value is -4.86. The van der Waals surface area contributed by atoms with E-state index in [-0.39, 0.29) is 23.7 Å². The molecule has 1 amide bonds. The lowest BCUT2D eigenvalue weighted by Gasteiger charge is -2.09. The Bertz CT molecular complexity index is 1560. The van der Waals surface area contributed by atoms with E-state index in [0.717, 1.165) is 5.69 Å². The number of rotatable bonds is 8. The predicted molar refractivity (Wildman–Crippen MR) is 133 cm³/mol. The van der Waals surface area contributed by atoms with Gasteiger partial charge in [0.25, 0.3) is 5.56 Å². The Labute approximate surface area is 204 Å². The SMILES string of the molecule is O=C(CCCc1nc(-c2ccc(F)cc2)no1)Nc1ccc(Nc2n[nH]c(=O)c3ccccc23)cc1.